The van der Waals surface area contributed by atoms with Gasteiger partial charge >= 0.3 is 5.91 Å². The molecule has 0 aliphatic heterocycles. The lowest BCUT2D eigenvalue weighted by atomic mass is 10.2. The SMILES string of the molecule is O=C(COc1ccc(Cl)cc1)N=Nc1c(O)n(CN(Cc2ccccc2)Cc2ccccc2)c2ccccc12. The molecule has 0 aliphatic rings. The summed E-state index contributed by atoms with van der Waals surface area (Å²) in [6.07, 6.45) is 0. The van der Waals surface area contributed by atoms with E-state index in [-0.39, 0.29) is 18.2 Å². The maximum Gasteiger partial charge on any atom is 0.302 e. The zero-order valence-corrected chi connectivity index (χ0v) is 21.9. The van der Waals surface area contributed by atoms with Gasteiger partial charge in [-0.2, -0.15) is 0 Å². The van der Waals surface area contributed by atoms with Gasteiger partial charge < -0.3 is 9.84 Å². The summed E-state index contributed by atoms with van der Waals surface area (Å²) in [6.45, 7) is 1.48. The third-order valence-electron chi connectivity index (χ3n) is 6.19. The fourth-order valence-corrected chi connectivity index (χ4v) is 4.49. The van der Waals surface area contributed by atoms with Crippen LogP contribution in [-0.2, 0) is 24.6 Å². The van der Waals surface area contributed by atoms with E-state index in [1.54, 1.807) is 28.8 Å². The van der Waals surface area contributed by atoms with Crippen molar-refractivity contribution in [2.75, 3.05) is 6.61 Å². The van der Waals surface area contributed by atoms with Crippen molar-refractivity contribution < 1.29 is 14.6 Å². The topological polar surface area (TPSA) is 79.4 Å². The number of benzene rings is 4. The van der Waals surface area contributed by atoms with Crippen LogP contribution in [0.2, 0.25) is 5.02 Å². The first-order valence-corrected chi connectivity index (χ1v) is 12.9. The third kappa shape index (κ3) is 6.71. The molecule has 0 spiro atoms. The molecular formula is C31H27ClN4O3. The third-order valence-corrected chi connectivity index (χ3v) is 6.45. The summed E-state index contributed by atoms with van der Waals surface area (Å²) in [4.78, 5) is 14.6. The van der Waals surface area contributed by atoms with E-state index < -0.39 is 5.91 Å². The van der Waals surface area contributed by atoms with Gasteiger partial charge in [-0.15, -0.1) is 10.2 Å². The van der Waals surface area contributed by atoms with Crippen molar-refractivity contribution in [3.63, 3.8) is 0 Å². The maximum atomic E-state index is 12.4. The van der Waals surface area contributed by atoms with E-state index >= 15 is 0 Å². The number of ether oxygens (including phenoxy) is 1. The van der Waals surface area contributed by atoms with E-state index in [2.05, 4.69) is 39.4 Å². The molecule has 0 atom stereocenters. The van der Waals surface area contributed by atoms with Crippen LogP contribution in [0.25, 0.3) is 10.9 Å². The molecule has 39 heavy (non-hydrogen) atoms. The van der Waals surface area contributed by atoms with Gasteiger partial charge in [0.05, 0.1) is 12.2 Å². The minimum atomic E-state index is -0.573. The summed E-state index contributed by atoms with van der Waals surface area (Å²) in [5, 5.41) is 20.5. The highest BCUT2D eigenvalue weighted by molar-refractivity contribution is 6.30. The smallest absolute Gasteiger partial charge is 0.302 e. The molecule has 8 heteroatoms. The zero-order chi connectivity index (χ0) is 27.0. The van der Waals surface area contributed by atoms with Crippen molar-refractivity contribution in [3.8, 4) is 11.6 Å². The van der Waals surface area contributed by atoms with Crippen LogP contribution in [0.15, 0.2) is 119 Å². The fourth-order valence-electron chi connectivity index (χ4n) is 4.36. The van der Waals surface area contributed by atoms with Crippen LogP contribution in [-0.4, -0.2) is 27.1 Å². The predicted molar refractivity (Wildman–Crippen MR) is 152 cm³/mol. The number of halogens is 1. The van der Waals surface area contributed by atoms with E-state index in [0.29, 0.717) is 35.9 Å². The average Bonchev–Trinajstić information content (AvgIpc) is 3.22. The number of carbonyl (C=O) groups is 1. The number of azo groups is 1. The van der Waals surface area contributed by atoms with Gasteiger partial charge in [-0.3, -0.25) is 14.3 Å². The molecule has 0 fully saturated rings. The summed E-state index contributed by atoms with van der Waals surface area (Å²) >= 11 is 5.88. The largest absolute Gasteiger partial charge is 0.493 e. The van der Waals surface area contributed by atoms with Crippen LogP contribution in [0.5, 0.6) is 11.6 Å². The summed E-state index contributed by atoms with van der Waals surface area (Å²) in [6, 6.07) is 34.6. The number of para-hydroxylation sites is 1. The van der Waals surface area contributed by atoms with Gasteiger partial charge in [-0.1, -0.05) is 90.5 Å². The van der Waals surface area contributed by atoms with E-state index in [0.717, 1.165) is 16.6 Å². The van der Waals surface area contributed by atoms with Crippen molar-refractivity contribution in [2.24, 2.45) is 10.2 Å². The van der Waals surface area contributed by atoms with E-state index in [1.807, 2.05) is 60.7 Å². The number of fused-ring (bicyclic) bond motifs is 1. The van der Waals surface area contributed by atoms with Crippen LogP contribution >= 0.6 is 11.6 Å². The Morgan fingerprint density at radius 3 is 2.05 bits per heavy atom. The Bertz CT molecular complexity index is 1530. The molecule has 0 saturated carbocycles. The molecule has 4 aromatic carbocycles. The summed E-state index contributed by atoms with van der Waals surface area (Å²) in [5.41, 5.74) is 3.36. The van der Waals surface area contributed by atoms with Crippen molar-refractivity contribution in [1.82, 2.24) is 9.47 Å². The number of nitrogens with zero attached hydrogens (tertiary/aromatic N) is 4. The fraction of sp³-hybridized carbons (Fsp3) is 0.129. The van der Waals surface area contributed by atoms with Crippen LogP contribution in [0.1, 0.15) is 11.1 Å². The second-order valence-corrected chi connectivity index (χ2v) is 9.49. The van der Waals surface area contributed by atoms with Gasteiger partial charge in [-0.25, -0.2) is 0 Å². The molecular weight excluding hydrogens is 512 g/mol. The Hall–Kier alpha value is -4.46. The van der Waals surface area contributed by atoms with E-state index in [9.17, 15) is 9.90 Å². The molecule has 0 bridgehead atoms. The van der Waals surface area contributed by atoms with Crippen molar-refractivity contribution >= 4 is 34.1 Å². The zero-order valence-electron chi connectivity index (χ0n) is 21.2. The average molecular weight is 539 g/mol. The molecule has 1 aromatic heterocycles. The second-order valence-electron chi connectivity index (χ2n) is 9.05. The van der Waals surface area contributed by atoms with Crippen LogP contribution < -0.4 is 4.74 Å². The predicted octanol–water partition coefficient (Wildman–Crippen LogP) is 7.35. The van der Waals surface area contributed by atoms with Gasteiger partial charge in [0.15, 0.2) is 12.3 Å². The second kappa shape index (κ2) is 12.4. The van der Waals surface area contributed by atoms with Crippen molar-refractivity contribution in [1.29, 1.82) is 0 Å². The molecule has 0 radical (unpaired) electrons. The Morgan fingerprint density at radius 1 is 0.821 bits per heavy atom. The number of amides is 1. The molecule has 196 valence electrons. The molecule has 5 rings (SSSR count). The first-order chi connectivity index (χ1) is 19.1. The number of rotatable bonds is 10. The van der Waals surface area contributed by atoms with Gasteiger partial charge in [0.1, 0.15) is 5.75 Å². The molecule has 0 saturated heterocycles. The first-order valence-electron chi connectivity index (χ1n) is 12.5. The molecule has 1 heterocycles. The molecule has 5 aromatic rings. The Balaban J connectivity index is 1.39. The molecule has 7 nitrogen and oxygen atoms in total. The summed E-state index contributed by atoms with van der Waals surface area (Å²) in [5.74, 6) is -0.132. The molecule has 0 unspecified atom stereocenters. The van der Waals surface area contributed by atoms with Crippen LogP contribution in [0, 0.1) is 0 Å². The minimum Gasteiger partial charge on any atom is -0.493 e. The molecule has 0 aliphatic carbocycles. The van der Waals surface area contributed by atoms with Gasteiger partial charge in [0.2, 0.25) is 5.88 Å². The van der Waals surface area contributed by atoms with Crippen LogP contribution in [0.3, 0.4) is 0 Å². The van der Waals surface area contributed by atoms with E-state index in [4.69, 9.17) is 16.3 Å². The quantitative estimate of drug-likeness (QED) is 0.188. The number of carbonyl (C=O) groups excluding carboxylic acids is 1. The summed E-state index contributed by atoms with van der Waals surface area (Å²) in [7, 11) is 0. The van der Waals surface area contributed by atoms with E-state index in [1.165, 1.54) is 0 Å². The lowest BCUT2D eigenvalue weighted by molar-refractivity contribution is -0.120. The highest BCUT2D eigenvalue weighted by atomic mass is 35.5. The first kappa shape index (κ1) is 26.2. The normalized spacial score (nSPS) is 11.4. The molecule has 1 N–H and O–H groups in total. The molecule has 1 amide bonds. The number of aromatic nitrogens is 1. The maximum absolute atomic E-state index is 12.4. The highest BCUT2D eigenvalue weighted by Crippen LogP contribution is 2.39. The number of aromatic hydroxyl groups is 1. The Morgan fingerprint density at radius 2 is 1.41 bits per heavy atom. The van der Waals surface area contributed by atoms with Gasteiger partial charge in [-0.05, 0) is 41.5 Å². The minimum absolute atomic E-state index is 0.0579. The Labute approximate surface area is 231 Å². The standard InChI is InChI=1S/C31H27ClN4O3/c32-25-15-17-26(18-16-25)39-21-29(37)33-34-30-27-13-7-8-14-28(27)36(31(30)38)22-35(19-23-9-3-1-4-10-23)20-24-11-5-2-6-12-24/h1-18,38H,19-22H2. The number of hydrogen-bond acceptors (Lipinski definition) is 5. The highest BCUT2D eigenvalue weighted by Gasteiger charge is 2.19. The monoisotopic (exact) mass is 538 g/mol. The Kier molecular flexibility index (Phi) is 8.31. The summed E-state index contributed by atoms with van der Waals surface area (Å²) < 4.78 is 7.26. The lowest BCUT2D eigenvalue weighted by Gasteiger charge is -2.24. The van der Waals surface area contributed by atoms with Gasteiger partial charge in [0, 0.05) is 23.5 Å². The van der Waals surface area contributed by atoms with Crippen molar-refractivity contribution in [3.05, 3.63) is 125 Å². The lowest BCUT2D eigenvalue weighted by Crippen LogP contribution is -2.25. The van der Waals surface area contributed by atoms with Crippen molar-refractivity contribution in [2.45, 2.75) is 19.8 Å². The van der Waals surface area contributed by atoms with Gasteiger partial charge in [0.25, 0.3) is 0 Å². The van der Waals surface area contributed by atoms with Crippen LogP contribution in [0.4, 0.5) is 5.69 Å². The number of hydrogen-bond donors (Lipinski definition) is 1.